The second-order valence-electron chi connectivity index (χ2n) is 5.00. The minimum atomic E-state index is -0.987. The third-order valence-electron chi connectivity index (χ3n) is 3.49. The van der Waals surface area contributed by atoms with Crippen molar-refractivity contribution in [2.45, 2.75) is 32.7 Å². The molecule has 0 radical (unpaired) electrons. The third-order valence-corrected chi connectivity index (χ3v) is 3.49. The second kappa shape index (κ2) is 4.73. The van der Waals surface area contributed by atoms with Gasteiger partial charge in [-0.2, -0.15) is 0 Å². The number of pyridine rings is 1. The zero-order valence-corrected chi connectivity index (χ0v) is 9.93. The first-order valence-electron chi connectivity index (χ1n) is 6.00. The van der Waals surface area contributed by atoms with E-state index >= 15 is 0 Å². The Morgan fingerprint density at radius 3 is 2.82 bits per heavy atom. The second-order valence-corrected chi connectivity index (χ2v) is 5.00. The van der Waals surface area contributed by atoms with E-state index in [1.807, 2.05) is 0 Å². The van der Waals surface area contributed by atoms with Crippen molar-refractivity contribution in [3.05, 3.63) is 34.2 Å². The van der Waals surface area contributed by atoms with Gasteiger partial charge in [0.1, 0.15) is 0 Å². The summed E-state index contributed by atoms with van der Waals surface area (Å²) in [6, 6.07) is 2.69. The quantitative estimate of drug-likeness (QED) is 0.871. The topological polar surface area (TPSA) is 59.3 Å². The average Bonchev–Trinajstić information content (AvgIpc) is 2.67. The molecule has 0 bridgehead atoms. The van der Waals surface area contributed by atoms with Gasteiger partial charge in [0.25, 0.3) is 5.56 Å². The van der Waals surface area contributed by atoms with Gasteiger partial charge in [-0.05, 0) is 30.7 Å². The van der Waals surface area contributed by atoms with E-state index < -0.39 is 5.97 Å². The number of hydrogen-bond donors (Lipinski definition) is 1. The van der Waals surface area contributed by atoms with Crippen LogP contribution in [0.3, 0.4) is 0 Å². The van der Waals surface area contributed by atoms with E-state index in [4.69, 9.17) is 5.11 Å². The van der Waals surface area contributed by atoms with Gasteiger partial charge < -0.3 is 9.67 Å². The summed E-state index contributed by atoms with van der Waals surface area (Å²) < 4.78 is 1.53. The zero-order chi connectivity index (χ0) is 12.4. The number of carbonyl (C=O) groups is 1. The summed E-state index contributed by atoms with van der Waals surface area (Å²) in [5, 5.41) is 8.89. The molecule has 1 aromatic rings. The molecule has 0 spiro atoms. The number of hydrogen-bond acceptors (Lipinski definition) is 2. The van der Waals surface area contributed by atoms with E-state index in [1.165, 1.54) is 29.3 Å². The Morgan fingerprint density at radius 1 is 1.47 bits per heavy atom. The third kappa shape index (κ3) is 2.75. The molecule has 2 rings (SSSR count). The Morgan fingerprint density at radius 2 is 2.24 bits per heavy atom. The van der Waals surface area contributed by atoms with Crippen LogP contribution in [0.5, 0.6) is 0 Å². The summed E-state index contributed by atoms with van der Waals surface area (Å²) in [5.41, 5.74) is 0.0604. The lowest BCUT2D eigenvalue weighted by Crippen LogP contribution is -2.23. The van der Waals surface area contributed by atoms with Gasteiger partial charge in [-0.3, -0.25) is 4.79 Å². The summed E-state index contributed by atoms with van der Waals surface area (Å²) >= 11 is 0. The molecule has 1 aliphatic rings. The fourth-order valence-electron chi connectivity index (χ4n) is 2.57. The Balaban J connectivity index is 2.17. The molecule has 2 atom stereocenters. The van der Waals surface area contributed by atoms with Gasteiger partial charge in [0.15, 0.2) is 0 Å². The summed E-state index contributed by atoms with van der Waals surface area (Å²) in [7, 11) is 0. The van der Waals surface area contributed by atoms with Crippen molar-refractivity contribution in [1.82, 2.24) is 4.57 Å². The van der Waals surface area contributed by atoms with Crippen LogP contribution >= 0.6 is 0 Å². The molecule has 4 heteroatoms. The normalized spacial score (nSPS) is 23.8. The van der Waals surface area contributed by atoms with E-state index in [1.54, 1.807) is 0 Å². The molecule has 0 saturated heterocycles. The predicted molar refractivity (Wildman–Crippen MR) is 64.2 cm³/mol. The van der Waals surface area contributed by atoms with Crippen LogP contribution in [0.2, 0.25) is 0 Å². The highest BCUT2D eigenvalue weighted by atomic mass is 16.4. The highest BCUT2D eigenvalue weighted by Gasteiger charge is 2.22. The molecule has 0 aromatic carbocycles. The molecule has 1 saturated carbocycles. The summed E-state index contributed by atoms with van der Waals surface area (Å²) in [6.45, 7) is 2.86. The van der Waals surface area contributed by atoms with Crippen molar-refractivity contribution in [3.8, 4) is 0 Å². The fraction of sp³-hybridized carbons (Fsp3) is 0.538. The maximum atomic E-state index is 11.6. The van der Waals surface area contributed by atoms with E-state index in [-0.39, 0.29) is 11.1 Å². The minimum absolute atomic E-state index is 0.116. The number of nitrogens with zero attached hydrogens (tertiary/aromatic N) is 1. The highest BCUT2D eigenvalue weighted by Crippen LogP contribution is 2.31. The molecular weight excluding hydrogens is 218 g/mol. The largest absolute Gasteiger partial charge is 0.478 e. The number of carboxylic acids is 1. The molecule has 1 fully saturated rings. The molecule has 1 N–H and O–H groups in total. The molecule has 2 unspecified atom stereocenters. The van der Waals surface area contributed by atoms with Crippen LogP contribution in [0.25, 0.3) is 0 Å². The van der Waals surface area contributed by atoms with Crippen molar-refractivity contribution in [1.29, 1.82) is 0 Å². The van der Waals surface area contributed by atoms with E-state index in [9.17, 15) is 9.59 Å². The molecule has 4 nitrogen and oxygen atoms in total. The lowest BCUT2D eigenvalue weighted by atomic mass is 10.1. The van der Waals surface area contributed by atoms with Gasteiger partial charge in [0.05, 0.1) is 5.56 Å². The Hall–Kier alpha value is -1.58. The number of rotatable bonds is 3. The molecule has 1 aromatic heterocycles. The first-order chi connectivity index (χ1) is 8.06. The van der Waals surface area contributed by atoms with Crippen LogP contribution in [0.4, 0.5) is 0 Å². The Labute approximate surface area is 99.9 Å². The first kappa shape index (κ1) is 11.9. The standard InChI is InChI=1S/C13H17NO3/c1-9-2-3-10(6-9)7-14-8-11(13(16)17)4-5-12(14)15/h4-5,8-10H,2-3,6-7H2,1H3,(H,16,17). The van der Waals surface area contributed by atoms with Crippen molar-refractivity contribution in [2.24, 2.45) is 11.8 Å². The maximum Gasteiger partial charge on any atom is 0.337 e. The number of carboxylic acid groups (broad SMARTS) is 1. The summed E-state index contributed by atoms with van der Waals surface area (Å²) in [6.07, 6.45) is 4.92. The first-order valence-corrected chi connectivity index (χ1v) is 6.00. The van der Waals surface area contributed by atoms with E-state index in [0.29, 0.717) is 12.5 Å². The fourth-order valence-corrected chi connectivity index (χ4v) is 2.57. The van der Waals surface area contributed by atoms with Gasteiger partial charge in [0.2, 0.25) is 0 Å². The molecule has 17 heavy (non-hydrogen) atoms. The van der Waals surface area contributed by atoms with E-state index in [0.717, 1.165) is 18.8 Å². The predicted octanol–water partition coefficient (Wildman–Crippen LogP) is 1.98. The molecule has 0 aliphatic heterocycles. The molecule has 1 aliphatic carbocycles. The molecule has 1 heterocycles. The van der Waals surface area contributed by atoms with Crippen molar-refractivity contribution >= 4 is 5.97 Å². The van der Waals surface area contributed by atoms with Crippen LogP contribution in [0.1, 0.15) is 36.5 Å². The van der Waals surface area contributed by atoms with Crippen LogP contribution in [0.15, 0.2) is 23.1 Å². The van der Waals surface area contributed by atoms with Gasteiger partial charge in [-0.15, -0.1) is 0 Å². The van der Waals surface area contributed by atoms with Crippen molar-refractivity contribution in [2.75, 3.05) is 0 Å². The van der Waals surface area contributed by atoms with Crippen molar-refractivity contribution in [3.63, 3.8) is 0 Å². The Bertz CT molecular complexity index is 478. The summed E-state index contributed by atoms with van der Waals surface area (Å²) in [5.74, 6) is 0.239. The highest BCUT2D eigenvalue weighted by molar-refractivity contribution is 5.87. The van der Waals surface area contributed by atoms with Crippen LogP contribution in [-0.4, -0.2) is 15.6 Å². The van der Waals surface area contributed by atoms with E-state index in [2.05, 4.69) is 6.92 Å². The van der Waals surface area contributed by atoms with Gasteiger partial charge in [-0.25, -0.2) is 4.79 Å². The lowest BCUT2D eigenvalue weighted by molar-refractivity contribution is 0.0695. The van der Waals surface area contributed by atoms with Crippen LogP contribution in [-0.2, 0) is 6.54 Å². The SMILES string of the molecule is CC1CCC(Cn2cc(C(=O)O)ccc2=O)C1. The smallest absolute Gasteiger partial charge is 0.337 e. The zero-order valence-electron chi connectivity index (χ0n) is 9.93. The maximum absolute atomic E-state index is 11.6. The monoisotopic (exact) mass is 235 g/mol. The molecule has 92 valence electrons. The average molecular weight is 235 g/mol. The number of aromatic nitrogens is 1. The van der Waals surface area contributed by atoms with Crippen molar-refractivity contribution < 1.29 is 9.90 Å². The molecule has 0 amide bonds. The van der Waals surface area contributed by atoms with Crippen LogP contribution in [0, 0.1) is 11.8 Å². The van der Waals surface area contributed by atoms with Gasteiger partial charge in [-0.1, -0.05) is 13.3 Å². The van der Waals surface area contributed by atoms with Crippen LogP contribution < -0.4 is 5.56 Å². The summed E-state index contributed by atoms with van der Waals surface area (Å²) in [4.78, 5) is 22.5. The lowest BCUT2D eigenvalue weighted by Gasteiger charge is -2.12. The minimum Gasteiger partial charge on any atom is -0.478 e. The van der Waals surface area contributed by atoms with Gasteiger partial charge in [0, 0.05) is 18.8 Å². The van der Waals surface area contributed by atoms with Gasteiger partial charge >= 0.3 is 5.97 Å². The Kier molecular flexibility index (Phi) is 3.31. The molecular formula is C13H17NO3. The number of aromatic carboxylic acids is 1.